The van der Waals surface area contributed by atoms with Crippen LogP contribution in [0.2, 0.25) is 0 Å². The highest BCUT2D eigenvalue weighted by Gasteiger charge is 2.07. The predicted molar refractivity (Wildman–Crippen MR) is 82.4 cm³/mol. The molecule has 1 N–H and O–H groups in total. The van der Waals surface area contributed by atoms with Crippen LogP contribution in [0.15, 0.2) is 60.3 Å². The van der Waals surface area contributed by atoms with Crippen molar-refractivity contribution < 1.29 is 9.47 Å². The Hall–Kier alpha value is -3.44. The Morgan fingerprint density at radius 1 is 0.955 bits per heavy atom. The number of ether oxygens (including phenoxy) is 2. The summed E-state index contributed by atoms with van der Waals surface area (Å²) in [5.74, 6) is 1.74. The summed E-state index contributed by atoms with van der Waals surface area (Å²) in [6, 6.07) is 18.1. The lowest BCUT2D eigenvalue weighted by Crippen LogP contribution is -1.95. The molecule has 0 spiro atoms. The number of nitrogens with zero attached hydrogens (tertiary/aromatic N) is 2. The van der Waals surface area contributed by atoms with Gasteiger partial charge in [0.2, 0.25) is 0 Å². The molecule has 0 fully saturated rings. The lowest BCUT2D eigenvalue weighted by molar-refractivity contribution is 0.379. The van der Waals surface area contributed by atoms with Gasteiger partial charge in [0.15, 0.2) is 17.2 Å². The minimum atomic E-state index is -0.0212. The van der Waals surface area contributed by atoms with E-state index in [0.717, 1.165) is 0 Å². The average molecular weight is 291 g/mol. The Balaban J connectivity index is 2.28. The molecule has 0 aliphatic carbocycles. The smallest absolute Gasteiger partial charge is 0.169 e. The quantitative estimate of drug-likeness (QED) is 0.847. The van der Waals surface area contributed by atoms with Crippen LogP contribution < -0.4 is 14.8 Å². The van der Waals surface area contributed by atoms with Gasteiger partial charge in [0.25, 0.3) is 0 Å². The molecule has 0 aromatic heterocycles. The number of methoxy groups -OCH3 is 1. The fraction of sp³-hybridized carbons (Fsp3) is 0.0588. The number of para-hydroxylation sites is 4. The molecule has 0 aliphatic rings. The van der Waals surface area contributed by atoms with Crippen LogP contribution in [0.25, 0.3) is 0 Å². The van der Waals surface area contributed by atoms with Gasteiger partial charge in [-0.15, -0.1) is 0 Å². The van der Waals surface area contributed by atoms with Crippen molar-refractivity contribution in [3.8, 4) is 29.4 Å². The molecule has 0 bridgehead atoms. The van der Waals surface area contributed by atoms with E-state index in [1.165, 1.54) is 6.20 Å². The summed E-state index contributed by atoms with van der Waals surface area (Å²) >= 11 is 0. The maximum Gasteiger partial charge on any atom is 0.169 e. The second kappa shape index (κ2) is 7.37. The highest BCUT2D eigenvalue weighted by atomic mass is 16.5. The molecule has 0 saturated carbocycles. The van der Waals surface area contributed by atoms with E-state index in [4.69, 9.17) is 20.0 Å². The molecule has 5 heteroatoms. The van der Waals surface area contributed by atoms with Gasteiger partial charge in [-0.25, -0.2) is 0 Å². The molecule has 2 aromatic carbocycles. The van der Waals surface area contributed by atoms with Crippen molar-refractivity contribution in [3.63, 3.8) is 0 Å². The van der Waals surface area contributed by atoms with Crippen LogP contribution in [-0.2, 0) is 0 Å². The summed E-state index contributed by atoms with van der Waals surface area (Å²) in [4.78, 5) is 0. The molecule has 5 nitrogen and oxygen atoms in total. The zero-order valence-electron chi connectivity index (χ0n) is 11.9. The number of rotatable bonds is 5. The molecular formula is C17H13N3O2. The van der Waals surface area contributed by atoms with Crippen LogP contribution >= 0.6 is 0 Å². The number of allylic oxidation sites excluding steroid dienone is 1. The molecule has 0 heterocycles. The molecule has 2 aromatic rings. The lowest BCUT2D eigenvalue weighted by atomic mass is 10.2. The van der Waals surface area contributed by atoms with Crippen LogP contribution in [0.4, 0.5) is 5.69 Å². The molecule has 0 atom stereocenters. The fourth-order valence-corrected chi connectivity index (χ4v) is 1.74. The van der Waals surface area contributed by atoms with Gasteiger partial charge in [0, 0.05) is 6.20 Å². The van der Waals surface area contributed by atoms with Crippen LogP contribution in [-0.4, -0.2) is 7.11 Å². The summed E-state index contributed by atoms with van der Waals surface area (Å²) in [7, 11) is 1.57. The number of anilines is 1. The van der Waals surface area contributed by atoms with E-state index in [-0.39, 0.29) is 5.57 Å². The standard InChI is InChI=1S/C17H13N3O2/c1-21-16-8-4-5-9-17(16)22-15-7-3-2-6-14(15)20-12-13(10-18)11-19/h2-9,12,20H,1H3. The first-order valence-electron chi connectivity index (χ1n) is 6.45. The van der Waals surface area contributed by atoms with Gasteiger partial charge >= 0.3 is 0 Å². The number of benzene rings is 2. The van der Waals surface area contributed by atoms with E-state index in [1.807, 2.05) is 24.3 Å². The van der Waals surface area contributed by atoms with Crippen LogP contribution in [0.1, 0.15) is 0 Å². The maximum absolute atomic E-state index is 8.75. The lowest BCUT2D eigenvalue weighted by Gasteiger charge is -2.13. The minimum absolute atomic E-state index is 0.0212. The average Bonchev–Trinajstić information content (AvgIpc) is 2.57. The third-order valence-corrected chi connectivity index (χ3v) is 2.79. The molecule has 0 unspecified atom stereocenters. The Bertz CT molecular complexity index is 754. The third-order valence-electron chi connectivity index (χ3n) is 2.79. The largest absolute Gasteiger partial charge is 0.493 e. The zero-order valence-corrected chi connectivity index (χ0v) is 11.9. The Kier molecular flexibility index (Phi) is 5.01. The number of hydrogen-bond donors (Lipinski definition) is 1. The Labute approximate surface area is 128 Å². The van der Waals surface area contributed by atoms with Gasteiger partial charge < -0.3 is 14.8 Å². The second-order valence-corrected chi connectivity index (χ2v) is 4.18. The Morgan fingerprint density at radius 2 is 1.55 bits per heavy atom. The topological polar surface area (TPSA) is 78.1 Å². The molecule has 0 aliphatic heterocycles. The SMILES string of the molecule is COc1ccccc1Oc1ccccc1NC=C(C#N)C#N. The monoisotopic (exact) mass is 291 g/mol. The van der Waals surface area contributed by atoms with E-state index < -0.39 is 0 Å². The van der Waals surface area contributed by atoms with Crippen molar-refractivity contribution in [2.45, 2.75) is 0 Å². The molecule has 0 saturated heterocycles. The molecule has 0 amide bonds. The zero-order chi connectivity index (χ0) is 15.8. The summed E-state index contributed by atoms with van der Waals surface area (Å²) in [6.45, 7) is 0. The molecule has 108 valence electrons. The Morgan fingerprint density at radius 3 is 2.18 bits per heavy atom. The van der Waals surface area contributed by atoms with E-state index in [1.54, 1.807) is 43.5 Å². The summed E-state index contributed by atoms with van der Waals surface area (Å²) in [6.07, 6.45) is 1.34. The van der Waals surface area contributed by atoms with Gasteiger partial charge in [-0.3, -0.25) is 0 Å². The van der Waals surface area contributed by atoms with E-state index in [9.17, 15) is 0 Å². The van der Waals surface area contributed by atoms with Crippen molar-refractivity contribution in [1.29, 1.82) is 10.5 Å². The van der Waals surface area contributed by atoms with Crippen molar-refractivity contribution in [2.75, 3.05) is 12.4 Å². The van der Waals surface area contributed by atoms with Gasteiger partial charge in [0.1, 0.15) is 17.7 Å². The normalized spacial score (nSPS) is 9.05. The maximum atomic E-state index is 8.75. The number of hydrogen-bond acceptors (Lipinski definition) is 5. The molecule has 2 rings (SSSR count). The van der Waals surface area contributed by atoms with Crippen molar-refractivity contribution in [2.24, 2.45) is 0 Å². The second-order valence-electron chi connectivity index (χ2n) is 4.18. The molecule has 0 radical (unpaired) electrons. The summed E-state index contributed by atoms with van der Waals surface area (Å²) in [5.41, 5.74) is 0.614. The van der Waals surface area contributed by atoms with E-state index in [2.05, 4.69) is 5.32 Å². The van der Waals surface area contributed by atoms with E-state index >= 15 is 0 Å². The van der Waals surface area contributed by atoms with Crippen molar-refractivity contribution >= 4 is 5.69 Å². The highest BCUT2D eigenvalue weighted by Crippen LogP contribution is 2.34. The third kappa shape index (κ3) is 3.56. The van der Waals surface area contributed by atoms with Crippen LogP contribution in [0.3, 0.4) is 0 Å². The van der Waals surface area contributed by atoms with Crippen LogP contribution in [0, 0.1) is 22.7 Å². The first kappa shape index (κ1) is 15.0. The summed E-state index contributed by atoms with van der Waals surface area (Å²) in [5, 5.41) is 20.4. The predicted octanol–water partition coefficient (Wildman–Crippen LogP) is 3.83. The number of nitrogens with one attached hydrogen (secondary N) is 1. The van der Waals surface area contributed by atoms with Gasteiger partial charge in [-0.05, 0) is 24.3 Å². The summed E-state index contributed by atoms with van der Waals surface area (Å²) < 4.78 is 11.1. The highest BCUT2D eigenvalue weighted by molar-refractivity contribution is 5.61. The van der Waals surface area contributed by atoms with E-state index in [0.29, 0.717) is 22.9 Å². The van der Waals surface area contributed by atoms with Gasteiger partial charge in [0.05, 0.1) is 12.8 Å². The van der Waals surface area contributed by atoms with Gasteiger partial charge in [-0.1, -0.05) is 24.3 Å². The number of nitriles is 2. The first-order valence-corrected chi connectivity index (χ1v) is 6.45. The van der Waals surface area contributed by atoms with Crippen molar-refractivity contribution in [1.82, 2.24) is 0 Å². The molecular weight excluding hydrogens is 278 g/mol. The van der Waals surface area contributed by atoms with Crippen LogP contribution in [0.5, 0.6) is 17.2 Å². The fourth-order valence-electron chi connectivity index (χ4n) is 1.74. The van der Waals surface area contributed by atoms with Crippen molar-refractivity contribution in [3.05, 3.63) is 60.3 Å². The first-order chi connectivity index (χ1) is 10.8. The molecule has 22 heavy (non-hydrogen) atoms. The minimum Gasteiger partial charge on any atom is -0.493 e. The van der Waals surface area contributed by atoms with Gasteiger partial charge in [-0.2, -0.15) is 10.5 Å².